The molecule has 3 aliphatic rings. The normalized spacial score (nSPS) is 25.9. The van der Waals surface area contributed by atoms with Crippen LogP contribution in [0.3, 0.4) is 0 Å². The molecule has 3 fully saturated rings. The predicted molar refractivity (Wildman–Crippen MR) is 134 cm³/mol. The maximum atomic E-state index is 13.3. The molecule has 2 heterocycles. The number of ether oxygens (including phenoxy) is 1. The minimum absolute atomic E-state index is 0.00440. The topological polar surface area (TPSA) is 105 Å². The number of rotatable bonds is 6. The summed E-state index contributed by atoms with van der Waals surface area (Å²) in [4.78, 5) is 42.4. The Morgan fingerprint density at radius 3 is 2.34 bits per heavy atom. The zero-order valence-corrected chi connectivity index (χ0v) is 21.5. The van der Waals surface area contributed by atoms with E-state index in [-0.39, 0.29) is 17.9 Å². The lowest BCUT2D eigenvalue weighted by Crippen LogP contribution is -2.57. The molecule has 8 heteroatoms. The number of primary amides is 1. The van der Waals surface area contributed by atoms with E-state index in [1.807, 2.05) is 32.9 Å². The Morgan fingerprint density at radius 1 is 1.09 bits per heavy atom. The van der Waals surface area contributed by atoms with Crippen LogP contribution in [0.2, 0.25) is 0 Å². The maximum absolute atomic E-state index is 13.3. The van der Waals surface area contributed by atoms with E-state index in [4.69, 9.17) is 10.5 Å². The summed E-state index contributed by atoms with van der Waals surface area (Å²) in [6.07, 6.45) is 4.70. The molecule has 1 saturated carbocycles. The quantitative estimate of drug-likeness (QED) is 0.646. The number of hydrogen-bond donors (Lipinski definition) is 2. The van der Waals surface area contributed by atoms with Crippen LogP contribution in [-0.2, 0) is 20.7 Å². The third-order valence-electron chi connectivity index (χ3n) is 7.73. The lowest BCUT2D eigenvalue weighted by atomic mass is 9.88. The first-order chi connectivity index (χ1) is 16.5. The van der Waals surface area contributed by atoms with E-state index in [9.17, 15) is 14.4 Å². The molecule has 0 aromatic heterocycles. The van der Waals surface area contributed by atoms with Gasteiger partial charge in [-0.1, -0.05) is 24.3 Å². The Labute approximate surface area is 208 Å². The first kappa shape index (κ1) is 25.5. The van der Waals surface area contributed by atoms with E-state index < -0.39 is 29.7 Å². The van der Waals surface area contributed by atoms with Crippen LogP contribution < -0.4 is 11.1 Å². The number of carbonyl (C=O) groups excluding carboxylic acids is 3. The summed E-state index contributed by atoms with van der Waals surface area (Å²) in [6.45, 7) is 7.65. The molecule has 4 rings (SSSR count). The van der Waals surface area contributed by atoms with Crippen LogP contribution in [0.1, 0.15) is 69.9 Å². The van der Waals surface area contributed by atoms with Gasteiger partial charge in [0.05, 0.1) is 0 Å². The van der Waals surface area contributed by atoms with Crippen molar-refractivity contribution in [2.75, 3.05) is 20.1 Å². The standard InChI is InChI=1S/C27H40N4O4/c1-27(2,3)35-26(34)31-21-10-9-20(16-21)23(31)25(33)29-22(24(28)32)15-17-5-7-18(8-6-17)19-11-13-30(4)14-12-19/h5-8,19-23H,9-16H2,1-4H3,(H2,28,32)(H,29,33)/t20-,21+,22-,23-/m0/s1. The van der Waals surface area contributed by atoms with Crippen molar-refractivity contribution >= 4 is 17.9 Å². The summed E-state index contributed by atoms with van der Waals surface area (Å²) in [7, 11) is 2.15. The van der Waals surface area contributed by atoms with Crippen LogP contribution in [0.25, 0.3) is 0 Å². The van der Waals surface area contributed by atoms with Gasteiger partial charge >= 0.3 is 6.09 Å². The van der Waals surface area contributed by atoms with Crippen molar-refractivity contribution < 1.29 is 19.1 Å². The molecule has 3 amide bonds. The summed E-state index contributed by atoms with van der Waals surface area (Å²) < 4.78 is 5.58. The fraction of sp³-hybridized carbons (Fsp3) is 0.667. The zero-order valence-electron chi connectivity index (χ0n) is 21.5. The van der Waals surface area contributed by atoms with Crippen molar-refractivity contribution in [2.45, 2.75) is 88.9 Å². The van der Waals surface area contributed by atoms with Crippen LogP contribution in [0.4, 0.5) is 4.79 Å². The second-order valence-electron chi connectivity index (χ2n) is 11.5. The number of carbonyl (C=O) groups is 3. The minimum atomic E-state index is -0.837. The van der Waals surface area contributed by atoms with E-state index in [1.165, 1.54) is 5.56 Å². The largest absolute Gasteiger partial charge is 0.444 e. The highest BCUT2D eigenvalue weighted by atomic mass is 16.6. The summed E-state index contributed by atoms with van der Waals surface area (Å²) in [5, 5.41) is 2.85. The molecule has 2 saturated heterocycles. The van der Waals surface area contributed by atoms with Crippen LogP contribution in [0, 0.1) is 5.92 Å². The first-order valence-corrected chi connectivity index (χ1v) is 12.9. The zero-order chi connectivity index (χ0) is 25.3. The number of hydrogen-bond acceptors (Lipinski definition) is 5. The highest BCUT2D eigenvalue weighted by Crippen LogP contribution is 2.43. The van der Waals surface area contributed by atoms with Crippen molar-refractivity contribution in [1.29, 1.82) is 0 Å². The fourth-order valence-corrected chi connectivity index (χ4v) is 5.89. The van der Waals surface area contributed by atoms with Gasteiger partial charge in [-0.25, -0.2) is 4.79 Å². The molecule has 1 aliphatic carbocycles. The third-order valence-corrected chi connectivity index (χ3v) is 7.73. The Balaban J connectivity index is 1.41. The molecular weight excluding hydrogens is 444 g/mol. The molecule has 8 nitrogen and oxygen atoms in total. The molecule has 192 valence electrons. The van der Waals surface area contributed by atoms with Gasteiger partial charge in [0.1, 0.15) is 17.7 Å². The van der Waals surface area contributed by atoms with E-state index in [1.54, 1.807) is 4.90 Å². The van der Waals surface area contributed by atoms with Crippen molar-refractivity contribution in [3.8, 4) is 0 Å². The maximum Gasteiger partial charge on any atom is 0.411 e. The second kappa shape index (κ2) is 10.2. The molecule has 0 radical (unpaired) electrons. The number of fused-ring (bicyclic) bond motifs is 2. The fourth-order valence-electron chi connectivity index (χ4n) is 5.89. The molecule has 0 unspecified atom stereocenters. The van der Waals surface area contributed by atoms with Crippen molar-refractivity contribution in [1.82, 2.24) is 15.1 Å². The summed E-state index contributed by atoms with van der Waals surface area (Å²) in [6, 6.07) is 6.86. The summed E-state index contributed by atoms with van der Waals surface area (Å²) >= 11 is 0. The van der Waals surface area contributed by atoms with E-state index >= 15 is 0 Å². The van der Waals surface area contributed by atoms with Gasteiger partial charge < -0.3 is 20.7 Å². The van der Waals surface area contributed by atoms with Crippen molar-refractivity contribution in [3.63, 3.8) is 0 Å². The van der Waals surface area contributed by atoms with Gasteiger partial charge in [-0.05, 0) is 96.0 Å². The second-order valence-corrected chi connectivity index (χ2v) is 11.5. The molecule has 0 spiro atoms. The number of nitrogens with two attached hydrogens (primary N) is 1. The lowest BCUT2D eigenvalue weighted by Gasteiger charge is -2.36. The van der Waals surface area contributed by atoms with Gasteiger partial charge in [-0.3, -0.25) is 14.5 Å². The molecule has 1 aromatic carbocycles. The Bertz CT molecular complexity index is 933. The summed E-state index contributed by atoms with van der Waals surface area (Å²) in [5.74, 6) is -0.266. The number of amides is 3. The minimum Gasteiger partial charge on any atom is -0.444 e. The smallest absolute Gasteiger partial charge is 0.411 e. The molecule has 3 N–H and O–H groups in total. The van der Waals surface area contributed by atoms with Gasteiger partial charge in [0.2, 0.25) is 11.8 Å². The Kier molecular flexibility index (Phi) is 7.40. The number of nitrogens with one attached hydrogen (secondary N) is 1. The number of benzene rings is 1. The lowest BCUT2D eigenvalue weighted by molar-refractivity contribution is -0.132. The van der Waals surface area contributed by atoms with E-state index in [0.29, 0.717) is 12.3 Å². The Morgan fingerprint density at radius 2 is 1.74 bits per heavy atom. The molecule has 1 aromatic rings. The van der Waals surface area contributed by atoms with Gasteiger partial charge in [0.25, 0.3) is 0 Å². The number of nitrogens with zero attached hydrogens (tertiary/aromatic N) is 2. The first-order valence-electron chi connectivity index (χ1n) is 12.9. The Hall–Kier alpha value is -2.61. The van der Waals surface area contributed by atoms with Gasteiger partial charge in [-0.15, -0.1) is 0 Å². The average Bonchev–Trinajstić information content (AvgIpc) is 3.40. The van der Waals surface area contributed by atoms with Crippen LogP contribution in [-0.4, -0.2) is 71.6 Å². The SMILES string of the molecule is CN1CCC(c2ccc(C[C@H](NC(=O)[C@@H]3[C@H]4CC[C@H](C4)N3C(=O)OC(C)(C)C)C(N)=O)cc2)CC1. The summed E-state index contributed by atoms with van der Waals surface area (Å²) in [5.41, 5.74) is 7.30. The van der Waals surface area contributed by atoms with Gasteiger partial charge in [-0.2, -0.15) is 0 Å². The van der Waals surface area contributed by atoms with Crippen LogP contribution in [0.5, 0.6) is 0 Å². The molecular formula is C27H40N4O4. The molecule has 4 atom stereocenters. The van der Waals surface area contributed by atoms with Gasteiger partial charge in [0, 0.05) is 12.5 Å². The van der Waals surface area contributed by atoms with Gasteiger partial charge in [0.15, 0.2) is 0 Å². The number of piperidine rings is 2. The monoisotopic (exact) mass is 484 g/mol. The van der Waals surface area contributed by atoms with Crippen molar-refractivity contribution in [2.24, 2.45) is 11.7 Å². The van der Waals surface area contributed by atoms with Crippen molar-refractivity contribution in [3.05, 3.63) is 35.4 Å². The average molecular weight is 485 g/mol. The van der Waals surface area contributed by atoms with Crippen LogP contribution >= 0.6 is 0 Å². The molecule has 2 bridgehead atoms. The predicted octanol–water partition coefficient (Wildman–Crippen LogP) is 2.80. The van der Waals surface area contributed by atoms with Crippen LogP contribution in [0.15, 0.2) is 24.3 Å². The van der Waals surface area contributed by atoms with E-state index in [2.05, 4.69) is 29.4 Å². The molecule has 2 aliphatic heterocycles. The number of likely N-dealkylation sites (tertiary alicyclic amines) is 2. The molecule has 35 heavy (non-hydrogen) atoms. The highest BCUT2D eigenvalue weighted by molar-refractivity contribution is 5.91. The third kappa shape index (κ3) is 5.97. The highest BCUT2D eigenvalue weighted by Gasteiger charge is 2.52. The van der Waals surface area contributed by atoms with E-state index in [0.717, 1.165) is 50.8 Å².